The number of ketones is 2. The van der Waals surface area contributed by atoms with Crippen molar-refractivity contribution in [3.63, 3.8) is 0 Å². The topological polar surface area (TPSA) is 109 Å². The molecule has 3 aliphatic rings. The van der Waals surface area contributed by atoms with Crippen LogP contribution in [0.3, 0.4) is 0 Å². The highest BCUT2D eigenvalue weighted by molar-refractivity contribution is 6.04. The normalized spacial score (nSPS) is 37.5. The second-order valence-electron chi connectivity index (χ2n) is 4.28. The summed E-state index contributed by atoms with van der Waals surface area (Å²) in [6.07, 6.45) is -0.242. The van der Waals surface area contributed by atoms with E-state index in [1.807, 2.05) is 0 Å². The molecule has 0 aromatic heterocycles. The standard InChI is InChI=1S/C10H10O6/c11-5-1-3-6(12)2-4(5)8(10(15)16)7(3)9(13)14/h3-4,7-8H,1-2H2,(H,13,14)(H,15,16)/t3-,4-,7-,8+/m0/s1. The number of fused-ring (bicyclic) bond motifs is 3. The van der Waals surface area contributed by atoms with Crippen molar-refractivity contribution in [2.24, 2.45) is 23.7 Å². The van der Waals surface area contributed by atoms with Crippen LogP contribution in [0.5, 0.6) is 0 Å². The summed E-state index contributed by atoms with van der Waals surface area (Å²) in [7, 11) is 0. The Morgan fingerprint density at radius 2 is 1.19 bits per heavy atom. The lowest BCUT2D eigenvalue weighted by atomic mass is 9.57. The van der Waals surface area contributed by atoms with Crippen LogP contribution in [-0.2, 0) is 19.2 Å². The van der Waals surface area contributed by atoms with E-state index in [4.69, 9.17) is 10.2 Å². The van der Waals surface area contributed by atoms with Gasteiger partial charge in [-0.25, -0.2) is 0 Å². The molecule has 0 aliphatic heterocycles. The molecule has 3 rings (SSSR count). The maximum atomic E-state index is 11.5. The molecule has 6 nitrogen and oxygen atoms in total. The van der Waals surface area contributed by atoms with Crippen molar-refractivity contribution in [3.05, 3.63) is 0 Å². The number of carbonyl (C=O) groups excluding carboxylic acids is 2. The Hall–Kier alpha value is -1.72. The third kappa shape index (κ3) is 1.33. The molecule has 86 valence electrons. The number of carboxylic acid groups (broad SMARTS) is 2. The lowest BCUT2D eigenvalue weighted by Gasteiger charge is -2.42. The Morgan fingerprint density at radius 1 is 0.875 bits per heavy atom. The fourth-order valence-corrected chi connectivity index (χ4v) is 2.77. The van der Waals surface area contributed by atoms with Gasteiger partial charge in [-0.2, -0.15) is 0 Å². The minimum atomic E-state index is -1.30. The summed E-state index contributed by atoms with van der Waals surface area (Å²) in [4.78, 5) is 44.9. The van der Waals surface area contributed by atoms with Crippen molar-refractivity contribution < 1.29 is 29.4 Å². The molecule has 0 saturated heterocycles. The van der Waals surface area contributed by atoms with Crippen molar-refractivity contribution in [1.29, 1.82) is 0 Å². The number of rotatable bonds is 2. The Kier molecular flexibility index (Phi) is 2.29. The minimum Gasteiger partial charge on any atom is -0.481 e. The fourth-order valence-electron chi connectivity index (χ4n) is 2.77. The number of carbonyl (C=O) groups is 4. The maximum Gasteiger partial charge on any atom is 0.308 e. The van der Waals surface area contributed by atoms with Crippen LogP contribution >= 0.6 is 0 Å². The zero-order chi connectivity index (χ0) is 12.0. The number of Topliss-reactive ketones (excluding diaryl/α,β-unsaturated/α-hetero) is 2. The smallest absolute Gasteiger partial charge is 0.308 e. The Bertz CT molecular complexity index is 360. The van der Waals surface area contributed by atoms with Crippen LogP contribution in [0.15, 0.2) is 0 Å². The third-order valence-electron chi connectivity index (χ3n) is 3.49. The molecule has 0 aromatic carbocycles. The Morgan fingerprint density at radius 3 is 1.44 bits per heavy atom. The average molecular weight is 226 g/mol. The van der Waals surface area contributed by atoms with Crippen LogP contribution in [-0.4, -0.2) is 33.7 Å². The van der Waals surface area contributed by atoms with Crippen molar-refractivity contribution >= 4 is 23.5 Å². The lowest BCUT2D eigenvalue weighted by Crippen LogP contribution is -2.55. The summed E-state index contributed by atoms with van der Waals surface area (Å²) in [5.74, 6) is -7.59. The van der Waals surface area contributed by atoms with Gasteiger partial charge in [0.1, 0.15) is 11.6 Å². The van der Waals surface area contributed by atoms with Gasteiger partial charge in [-0.3, -0.25) is 19.2 Å². The van der Waals surface area contributed by atoms with E-state index >= 15 is 0 Å². The largest absolute Gasteiger partial charge is 0.481 e. The van der Waals surface area contributed by atoms with Crippen LogP contribution in [0, 0.1) is 23.7 Å². The molecule has 0 radical (unpaired) electrons. The number of hydrogen-bond acceptors (Lipinski definition) is 4. The molecule has 3 saturated carbocycles. The van der Waals surface area contributed by atoms with Gasteiger partial charge in [0.2, 0.25) is 0 Å². The summed E-state index contributed by atoms with van der Waals surface area (Å²) >= 11 is 0. The predicted molar refractivity (Wildman–Crippen MR) is 48.5 cm³/mol. The van der Waals surface area contributed by atoms with Crippen molar-refractivity contribution in [3.8, 4) is 0 Å². The average Bonchev–Trinajstić information content (AvgIpc) is 2.17. The van der Waals surface area contributed by atoms with Gasteiger partial charge in [0, 0.05) is 24.7 Å². The van der Waals surface area contributed by atoms with E-state index in [1.165, 1.54) is 0 Å². The Labute approximate surface area is 90.2 Å². The fraction of sp³-hybridized carbons (Fsp3) is 0.600. The zero-order valence-corrected chi connectivity index (χ0v) is 8.25. The van der Waals surface area contributed by atoms with Gasteiger partial charge in [-0.05, 0) is 0 Å². The molecule has 0 amide bonds. The van der Waals surface area contributed by atoms with Crippen molar-refractivity contribution in [2.75, 3.05) is 0 Å². The van der Waals surface area contributed by atoms with Gasteiger partial charge < -0.3 is 10.2 Å². The zero-order valence-electron chi connectivity index (χ0n) is 8.25. The molecule has 2 N–H and O–H groups in total. The van der Waals surface area contributed by atoms with E-state index in [0.717, 1.165) is 0 Å². The van der Waals surface area contributed by atoms with Crippen LogP contribution in [0.25, 0.3) is 0 Å². The van der Waals surface area contributed by atoms with Gasteiger partial charge >= 0.3 is 11.9 Å². The second kappa shape index (κ2) is 3.40. The molecule has 6 heteroatoms. The number of hydrogen-bond donors (Lipinski definition) is 2. The van der Waals surface area contributed by atoms with E-state index in [0.29, 0.717) is 0 Å². The predicted octanol–water partition coefficient (Wildman–Crippen LogP) is -0.434. The number of carboxylic acids is 2. The summed E-state index contributed by atoms with van der Waals surface area (Å²) in [6.45, 7) is 0. The molecule has 0 unspecified atom stereocenters. The third-order valence-corrected chi connectivity index (χ3v) is 3.49. The van der Waals surface area contributed by atoms with E-state index in [1.54, 1.807) is 0 Å². The highest BCUT2D eigenvalue weighted by atomic mass is 16.4. The monoisotopic (exact) mass is 226 g/mol. The first kappa shape index (κ1) is 10.8. The van der Waals surface area contributed by atoms with Gasteiger partial charge in [0.25, 0.3) is 0 Å². The lowest BCUT2D eigenvalue weighted by molar-refractivity contribution is -0.172. The Balaban J connectivity index is 2.43. The molecule has 3 fully saturated rings. The highest BCUT2D eigenvalue weighted by Gasteiger charge is 2.57. The first-order valence-electron chi connectivity index (χ1n) is 4.94. The molecule has 4 atom stereocenters. The van der Waals surface area contributed by atoms with E-state index in [9.17, 15) is 19.2 Å². The molecule has 0 spiro atoms. The molecular formula is C10H10O6. The highest BCUT2D eigenvalue weighted by Crippen LogP contribution is 2.45. The maximum absolute atomic E-state index is 11.5. The summed E-state index contributed by atoms with van der Waals surface area (Å²) < 4.78 is 0. The molecular weight excluding hydrogens is 216 g/mol. The quantitative estimate of drug-likeness (QED) is 0.661. The van der Waals surface area contributed by atoms with E-state index < -0.39 is 35.6 Å². The SMILES string of the molecule is O=C(O)[C@@H]1[C@H](C(=O)O)[C@H]2CC(=O)[C@@H]1CC2=O. The first-order chi connectivity index (χ1) is 7.43. The van der Waals surface area contributed by atoms with Crippen molar-refractivity contribution in [1.82, 2.24) is 0 Å². The van der Waals surface area contributed by atoms with E-state index in [-0.39, 0.29) is 24.4 Å². The van der Waals surface area contributed by atoms with Gasteiger partial charge in [-0.15, -0.1) is 0 Å². The van der Waals surface area contributed by atoms with Crippen LogP contribution in [0.1, 0.15) is 12.8 Å². The summed E-state index contributed by atoms with van der Waals surface area (Å²) in [5.41, 5.74) is 0. The van der Waals surface area contributed by atoms with Crippen LogP contribution in [0.4, 0.5) is 0 Å². The van der Waals surface area contributed by atoms with Gasteiger partial charge in [0.15, 0.2) is 0 Å². The molecule has 16 heavy (non-hydrogen) atoms. The molecule has 0 aromatic rings. The van der Waals surface area contributed by atoms with Crippen LogP contribution < -0.4 is 0 Å². The molecule has 0 heterocycles. The first-order valence-corrected chi connectivity index (χ1v) is 4.94. The van der Waals surface area contributed by atoms with Gasteiger partial charge in [-0.1, -0.05) is 0 Å². The van der Waals surface area contributed by atoms with Gasteiger partial charge in [0.05, 0.1) is 11.8 Å². The van der Waals surface area contributed by atoms with Crippen LogP contribution in [0.2, 0.25) is 0 Å². The summed E-state index contributed by atoms with van der Waals surface area (Å²) in [6, 6.07) is 0. The number of aliphatic carboxylic acids is 2. The molecule has 3 aliphatic carbocycles. The van der Waals surface area contributed by atoms with Crippen molar-refractivity contribution in [2.45, 2.75) is 12.8 Å². The molecule has 2 bridgehead atoms. The van der Waals surface area contributed by atoms with E-state index in [2.05, 4.69) is 0 Å². The summed E-state index contributed by atoms with van der Waals surface area (Å²) in [5, 5.41) is 17.9. The second-order valence-corrected chi connectivity index (χ2v) is 4.28. The minimum absolute atomic E-state index is 0.121.